The molecule has 2 aromatic carbocycles. The highest BCUT2D eigenvalue weighted by atomic mass is 16.4. The van der Waals surface area contributed by atoms with Crippen LogP contribution in [0.2, 0.25) is 0 Å². The van der Waals surface area contributed by atoms with Crippen molar-refractivity contribution in [3.63, 3.8) is 0 Å². The van der Waals surface area contributed by atoms with Gasteiger partial charge in [0.25, 0.3) is 5.91 Å². The summed E-state index contributed by atoms with van der Waals surface area (Å²) in [6.45, 7) is 3.63. The van der Waals surface area contributed by atoms with Gasteiger partial charge >= 0.3 is 0 Å². The molecule has 35 heavy (non-hydrogen) atoms. The zero-order valence-electron chi connectivity index (χ0n) is 20.5. The van der Waals surface area contributed by atoms with Crippen LogP contribution in [0.5, 0.6) is 5.75 Å². The summed E-state index contributed by atoms with van der Waals surface area (Å²) >= 11 is 0. The number of anilines is 1. The summed E-state index contributed by atoms with van der Waals surface area (Å²) in [5, 5.41) is 21.0. The minimum absolute atomic E-state index is 0.0730. The number of amides is 2. The molecule has 0 aliphatic carbocycles. The van der Waals surface area contributed by atoms with Crippen LogP contribution in [0.15, 0.2) is 52.9 Å². The van der Waals surface area contributed by atoms with Crippen LogP contribution in [-0.2, 0) is 11.3 Å². The summed E-state index contributed by atoms with van der Waals surface area (Å²) in [5.74, 6) is 0.432. The normalized spacial score (nSPS) is 11.0. The summed E-state index contributed by atoms with van der Waals surface area (Å²) in [7, 11) is 4.00. The van der Waals surface area contributed by atoms with Crippen LogP contribution in [0.25, 0.3) is 11.5 Å². The average molecular weight is 480 g/mol. The van der Waals surface area contributed by atoms with Crippen LogP contribution in [0.4, 0.5) is 5.69 Å². The standard InChI is InChI=1S/C26H33N5O4/c1-4-5-10-24(33)31(21-8-6-9-22(32)17-21)18-23-28-29-26(35-23)20-13-11-19(12-14-20)25(34)27-15-7-16-30(2)3/h6,8-9,11-14,17,32H,4-5,7,10,15-16,18H2,1-3H3,(H,27,34). The number of rotatable bonds is 12. The van der Waals surface area contributed by atoms with Crippen molar-refractivity contribution < 1.29 is 19.1 Å². The van der Waals surface area contributed by atoms with Crippen molar-refractivity contribution in [2.24, 2.45) is 0 Å². The van der Waals surface area contributed by atoms with E-state index in [9.17, 15) is 14.7 Å². The molecule has 0 radical (unpaired) electrons. The number of benzene rings is 2. The number of carbonyl (C=O) groups is 2. The number of carbonyl (C=O) groups excluding carboxylic acids is 2. The summed E-state index contributed by atoms with van der Waals surface area (Å²) in [4.78, 5) is 28.8. The van der Waals surface area contributed by atoms with Gasteiger partial charge in [-0.15, -0.1) is 10.2 Å². The Bertz CT molecular complexity index is 1110. The molecular formula is C26H33N5O4. The van der Waals surface area contributed by atoms with E-state index in [0.717, 1.165) is 25.8 Å². The summed E-state index contributed by atoms with van der Waals surface area (Å²) in [6.07, 6.45) is 2.92. The van der Waals surface area contributed by atoms with Crippen molar-refractivity contribution in [3.8, 4) is 17.2 Å². The van der Waals surface area contributed by atoms with Gasteiger partial charge in [-0.05, 0) is 69.9 Å². The molecule has 0 atom stereocenters. The van der Waals surface area contributed by atoms with Gasteiger partial charge in [-0.2, -0.15) is 0 Å². The molecule has 0 saturated heterocycles. The van der Waals surface area contributed by atoms with Crippen molar-refractivity contribution in [2.75, 3.05) is 32.1 Å². The maximum atomic E-state index is 12.8. The summed E-state index contributed by atoms with van der Waals surface area (Å²) in [5.41, 5.74) is 1.79. The van der Waals surface area contributed by atoms with E-state index in [1.54, 1.807) is 42.5 Å². The molecule has 0 unspecified atom stereocenters. The number of nitrogens with one attached hydrogen (secondary N) is 1. The first-order valence-corrected chi connectivity index (χ1v) is 11.8. The van der Waals surface area contributed by atoms with Gasteiger partial charge in [-0.3, -0.25) is 9.59 Å². The molecule has 2 N–H and O–H groups in total. The van der Waals surface area contributed by atoms with E-state index < -0.39 is 0 Å². The minimum Gasteiger partial charge on any atom is -0.508 e. The highest BCUT2D eigenvalue weighted by Crippen LogP contribution is 2.25. The lowest BCUT2D eigenvalue weighted by Crippen LogP contribution is -2.30. The number of unbranched alkanes of at least 4 members (excludes halogenated alkanes) is 1. The van der Waals surface area contributed by atoms with Gasteiger partial charge in [0.1, 0.15) is 12.3 Å². The Labute approximate surface area is 205 Å². The van der Waals surface area contributed by atoms with Gasteiger partial charge in [0.15, 0.2) is 0 Å². The monoisotopic (exact) mass is 479 g/mol. The Morgan fingerprint density at radius 3 is 2.51 bits per heavy atom. The van der Waals surface area contributed by atoms with Crippen LogP contribution >= 0.6 is 0 Å². The maximum absolute atomic E-state index is 12.8. The zero-order chi connectivity index (χ0) is 25.2. The van der Waals surface area contributed by atoms with E-state index in [1.165, 1.54) is 11.0 Å². The molecule has 0 saturated carbocycles. The second-order valence-corrected chi connectivity index (χ2v) is 8.59. The fraction of sp³-hybridized carbons (Fsp3) is 0.385. The Hall–Kier alpha value is -3.72. The van der Waals surface area contributed by atoms with Crippen molar-refractivity contribution in [1.82, 2.24) is 20.4 Å². The van der Waals surface area contributed by atoms with E-state index in [1.807, 2.05) is 21.0 Å². The number of aromatic hydroxyl groups is 1. The molecule has 0 bridgehead atoms. The third kappa shape index (κ3) is 7.65. The predicted octanol–water partition coefficient (Wildman–Crippen LogP) is 3.85. The molecule has 0 aliphatic rings. The van der Waals surface area contributed by atoms with Gasteiger partial charge in [-0.25, -0.2) is 0 Å². The van der Waals surface area contributed by atoms with Crippen molar-refractivity contribution >= 4 is 17.5 Å². The molecule has 9 heteroatoms. The average Bonchev–Trinajstić information content (AvgIpc) is 3.32. The van der Waals surface area contributed by atoms with E-state index in [0.29, 0.717) is 35.7 Å². The van der Waals surface area contributed by atoms with Gasteiger partial charge in [-0.1, -0.05) is 19.4 Å². The molecule has 186 valence electrons. The first kappa shape index (κ1) is 25.9. The van der Waals surface area contributed by atoms with Gasteiger partial charge < -0.3 is 24.6 Å². The largest absolute Gasteiger partial charge is 0.508 e. The zero-order valence-corrected chi connectivity index (χ0v) is 20.5. The molecule has 3 rings (SSSR count). The molecule has 1 aromatic heterocycles. The smallest absolute Gasteiger partial charge is 0.251 e. The van der Waals surface area contributed by atoms with Crippen LogP contribution < -0.4 is 10.2 Å². The maximum Gasteiger partial charge on any atom is 0.251 e. The number of aromatic nitrogens is 2. The second-order valence-electron chi connectivity index (χ2n) is 8.59. The van der Waals surface area contributed by atoms with Gasteiger partial charge in [0, 0.05) is 35.8 Å². The molecule has 0 fully saturated rings. The first-order valence-electron chi connectivity index (χ1n) is 11.8. The van der Waals surface area contributed by atoms with Crippen LogP contribution in [0, 0.1) is 0 Å². The third-order valence-electron chi connectivity index (χ3n) is 5.41. The molecule has 0 spiro atoms. The molecule has 3 aromatic rings. The fourth-order valence-electron chi connectivity index (χ4n) is 3.48. The van der Waals surface area contributed by atoms with Crippen molar-refractivity contribution in [2.45, 2.75) is 39.2 Å². The molecule has 1 heterocycles. The summed E-state index contributed by atoms with van der Waals surface area (Å²) < 4.78 is 5.82. The van der Waals surface area contributed by atoms with E-state index in [2.05, 4.69) is 20.4 Å². The second kappa shape index (κ2) is 12.7. The number of phenols is 1. The number of phenolic OH excluding ortho intramolecular Hbond substituents is 1. The lowest BCUT2D eigenvalue weighted by molar-refractivity contribution is -0.118. The Morgan fingerprint density at radius 2 is 1.83 bits per heavy atom. The topological polar surface area (TPSA) is 112 Å². The first-order chi connectivity index (χ1) is 16.9. The Kier molecular flexibility index (Phi) is 9.37. The Morgan fingerprint density at radius 1 is 1.06 bits per heavy atom. The van der Waals surface area contributed by atoms with Gasteiger partial charge in [0.05, 0.1) is 0 Å². The SMILES string of the molecule is CCCCC(=O)N(Cc1nnc(-c2ccc(C(=O)NCCCN(C)C)cc2)o1)c1cccc(O)c1. The van der Waals surface area contributed by atoms with E-state index in [4.69, 9.17) is 4.42 Å². The number of hydrogen-bond acceptors (Lipinski definition) is 7. The lowest BCUT2D eigenvalue weighted by Gasteiger charge is -2.21. The molecule has 9 nitrogen and oxygen atoms in total. The van der Waals surface area contributed by atoms with Crippen molar-refractivity contribution in [1.29, 1.82) is 0 Å². The van der Waals surface area contributed by atoms with E-state index >= 15 is 0 Å². The highest BCUT2D eigenvalue weighted by Gasteiger charge is 2.20. The third-order valence-corrected chi connectivity index (χ3v) is 5.41. The van der Waals surface area contributed by atoms with Crippen LogP contribution in [0.3, 0.4) is 0 Å². The van der Waals surface area contributed by atoms with Crippen molar-refractivity contribution in [3.05, 3.63) is 60.0 Å². The highest BCUT2D eigenvalue weighted by molar-refractivity contribution is 5.94. The predicted molar refractivity (Wildman–Crippen MR) is 134 cm³/mol. The summed E-state index contributed by atoms with van der Waals surface area (Å²) in [6, 6.07) is 13.5. The van der Waals surface area contributed by atoms with Crippen LogP contribution in [0.1, 0.15) is 48.9 Å². The Balaban J connectivity index is 1.68. The van der Waals surface area contributed by atoms with Gasteiger partial charge in [0.2, 0.25) is 17.7 Å². The van der Waals surface area contributed by atoms with E-state index in [-0.39, 0.29) is 30.0 Å². The molecular weight excluding hydrogens is 446 g/mol. The molecule has 2 amide bonds. The minimum atomic E-state index is -0.131. The quantitative estimate of drug-likeness (QED) is 0.380. The number of hydrogen-bond donors (Lipinski definition) is 2. The fourth-order valence-corrected chi connectivity index (χ4v) is 3.48. The molecule has 0 aliphatic heterocycles. The number of nitrogens with zero attached hydrogens (tertiary/aromatic N) is 4. The van der Waals surface area contributed by atoms with Crippen LogP contribution in [-0.4, -0.2) is 59.2 Å². The lowest BCUT2D eigenvalue weighted by atomic mass is 10.1.